The molecule has 5 heteroatoms. The van der Waals surface area contributed by atoms with Crippen molar-refractivity contribution in [3.63, 3.8) is 0 Å². The second-order valence-corrected chi connectivity index (χ2v) is 5.81. The largest absolute Gasteiger partial charge is 0.298 e. The number of halogens is 2. The normalized spacial score (nSPS) is 17.9. The number of nitrogens with one attached hydrogen (secondary N) is 1. The molecule has 1 saturated carbocycles. The molecule has 90 valence electrons. The number of hydrogen-bond acceptors (Lipinski definition) is 1. The Hall–Kier alpha value is -0.0300. The maximum Gasteiger partial charge on any atom is 0.281 e. The van der Waals surface area contributed by atoms with E-state index in [-0.39, 0.29) is 5.56 Å². The summed E-state index contributed by atoms with van der Waals surface area (Å²) < 4.78 is 2.41. The number of nitrogens with zero attached hydrogens (tertiary/aromatic N) is 1. The summed E-state index contributed by atoms with van der Waals surface area (Å²) in [5.74, 6) is 0.667. The van der Waals surface area contributed by atoms with Crippen LogP contribution in [0.1, 0.15) is 37.8 Å². The Morgan fingerprint density at radius 1 is 1.31 bits per heavy atom. The fraction of sp³-hybridized carbons (Fsp3) is 0.727. The van der Waals surface area contributed by atoms with E-state index >= 15 is 0 Å². The third kappa shape index (κ3) is 2.62. The van der Waals surface area contributed by atoms with Gasteiger partial charge in [0.05, 0.1) is 5.69 Å². The summed E-state index contributed by atoms with van der Waals surface area (Å²) in [7, 11) is 0. The van der Waals surface area contributed by atoms with Gasteiger partial charge in [0.2, 0.25) is 0 Å². The molecule has 1 aliphatic carbocycles. The van der Waals surface area contributed by atoms with E-state index in [1.165, 1.54) is 32.1 Å². The first-order chi connectivity index (χ1) is 7.72. The molecule has 1 aromatic rings. The van der Waals surface area contributed by atoms with Crippen LogP contribution in [0.4, 0.5) is 0 Å². The van der Waals surface area contributed by atoms with E-state index in [0.717, 1.165) is 12.2 Å². The van der Waals surface area contributed by atoms with Gasteiger partial charge in [-0.2, -0.15) is 0 Å². The van der Waals surface area contributed by atoms with Crippen molar-refractivity contribution in [2.24, 2.45) is 5.92 Å². The van der Waals surface area contributed by atoms with Gasteiger partial charge in [0, 0.05) is 11.9 Å². The molecule has 0 unspecified atom stereocenters. The third-order valence-electron chi connectivity index (χ3n) is 3.27. The number of aromatic nitrogens is 2. The van der Waals surface area contributed by atoms with Crippen molar-refractivity contribution < 1.29 is 0 Å². The van der Waals surface area contributed by atoms with Crippen LogP contribution in [0.5, 0.6) is 0 Å². The predicted octanol–water partition coefficient (Wildman–Crippen LogP) is 3.41. The lowest BCUT2D eigenvalue weighted by Crippen LogP contribution is -2.23. The quantitative estimate of drug-likeness (QED) is 0.832. The van der Waals surface area contributed by atoms with Crippen molar-refractivity contribution in [3.8, 4) is 0 Å². The van der Waals surface area contributed by atoms with E-state index in [0.29, 0.717) is 15.7 Å². The van der Waals surface area contributed by atoms with Gasteiger partial charge in [-0.3, -0.25) is 14.6 Å². The molecule has 0 spiro atoms. The van der Waals surface area contributed by atoms with Crippen LogP contribution in [0.15, 0.2) is 9.27 Å². The maximum atomic E-state index is 11.9. The van der Waals surface area contributed by atoms with Crippen molar-refractivity contribution in [2.75, 3.05) is 0 Å². The summed E-state index contributed by atoms with van der Waals surface area (Å²) in [4.78, 5) is 11.9. The monoisotopic (exact) mass is 350 g/mol. The molecule has 0 atom stereocenters. The van der Waals surface area contributed by atoms with Gasteiger partial charge >= 0.3 is 0 Å². The number of H-pyrrole nitrogens is 1. The standard InChI is InChI=1S/C11H16Br2N2O/c12-6-9-10(13)11(16)15(14-9)7-8-4-2-1-3-5-8/h8,14H,1-7H2. The van der Waals surface area contributed by atoms with Gasteiger partial charge in [0.1, 0.15) is 4.47 Å². The summed E-state index contributed by atoms with van der Waals surface area (Å²) in [5.41, 5.74) is 1.00. The fourth-order valence-electron chi connectivity index (χ4n) is 2.36. The first-order valence-corrected chi connectivity index (χ1v) is 7.67. The van der Waals surface area contributed by atoms with E-state index in [9.17, 15) is 4.79 Å². The van der Waals surface area contributed by atoms with Crippen LogP contribution in [-0.2, 0) is 11.9 Å². The van der Waals surface area contributed by atoms with Crippen LogP contribution in [0, 0.1) is 5.92 Å². The second kappa shape index (κ2) is 5.54. The molecule has 0 aliphatic heterocycles. The SMILES string of the molecule is O=c1c(Br)c(CBr)[nH]n1CC1CCCCC1. The number of hydrogen-bond donors (Lipinski definition) is 1. The molecule has 1 aromatic heterocycles. The second-order valence-electron chi connectivity index (χ2n) is 4.46. The Kier molecular flexibility index (Phi) is 4.30. The van der Waals surface area contributed by atoms with Crippen LogP contribution in [0.2, 0.25) is 0 Å². The van der Waals surface area contributed by atoms with Crippen LogP contribution in [0.25, 0.3) is 0 Å². The first-order valence-electron chi connectivity index (χ1n) is 5.75. The lowest BCUT2D eigenvalue weighted by atomic mass is 9.89. The molecule has 16 heavy (non-hydrogen) atoms. The summed E-state index contributed by atoms with van der Waals surface area (Å²) in [6, 6.07) is 0. The molecule has 1 fully saturated rings. The zero-order valence-electron chi connectivity index (χ0n) is 9.14. The molecular weight excluding hydrogens is 336 g/mol. The van der Waals surface area contributed by atoms with Gasteiger partial charge in [-0.15, -0.1) is 0 Å². The molecule has 0 saturated heterocycles. The van der Waals surface area contributed by atoms with Crippen LogP contribution in [-0.4, -0.2) is 9.78 Å². The summed E-state index contributed by atoms with van der Waals surface area (Å²) in [6.07, 6.45) is 6.49. The van der Waals surface area contributed by atoms with Crippen LogP contribution < -0.4 is 5.56 Å². The predicted molar refractivity (Wildman–Crippen MR) is 72.0 cm³/mol. The Morgan fingerprint density at radius 3 is 2.56 bits per heavy atom. The summed E-state index contributed by atoms with van der Waals surface area (Å²) in [5, 5.41) is 3.84. The highest BCUT2D eigenvalue weighted by Gasteiger charge is 2.17. The summed E-state index contributed by atoms with van der Waals surface area (Å²) in [6.45, 7) is 0.838. The van der Waals surface area contributed by atoms with Gasteiger partial charge in [-0.1, -0.05) is 35.2 Å². The topological polar surface area (TPSA) is 37.8 Å². The molecule has 1 N–H and O–H groups in total. The number of aromatic amines is 1. The molecule has 0 bridgehead atoms. The van der Waals surface area contributed by atoms with Gasteiger partial charge < -0.3 is 0 Å². The van der Waals surface area contributed by atoms with E-state index in [1.54, 1.807) is 4.68 Å². The Labute approximate surface area is 112 Å². The smallest absolute Gasteiger partial charge is 0.281 e. The van der Waals surface area contributed by atoms with E-state index in [1.807, 2.05) is 0 Å². The minimum Gasteiger partial charge on any atom is -0.298 e. The van der Waals surface area contributed by atoms with Crippen molar-refractivity contribution in [2.45, 2.75) is 44.0 Å². The molecular formula is C11H16Br2N2O. The molecule has 0 aromatic carbocycles. The van der Waals surface area contributed by atoms with Crippen molar-refractivity contribution in [1.82, 2.24) is 9.78 Å². The fourth-order valence-corrected chi connectivity index (χ4v) is 3.58. The van der Waals surface area contributed by atoms with Gasteiger partial charge in [0.15, 0.2) is 0 Å². The lowest BCUT2D eigenvalue weighted by Gasteiger charge is -2.21. The zero-order valence-corrected chi connectivity index (χ0v) is 12.3. The highest BCUT2D eigenvalue weighted by molar-refractivity contribution is 9.10. The zero-order chi connectivity index (χ0) is 11.5. The lowest BCUT2D eigenvalue weighted by molar-refractivity contribution is 0.304. The van der Waals surface area contributed by atoms with Crippen molar-refractivity contribution >= 4 is 31.9 Å². The molecule has 0 amide bonds. The van der Waals surface area contributed by atoms with Crippen LogP contribution >= 0.6 is 31.9 Å². The number of rotatable bonds is 3. The Bertz CT molecular complexity index is 405. The van der Waals surface area contributed by atoms with Crippen molar-refractivity contribution in [3.05, 3.63) is 20.5 Å². The number of alkyl halides is 1. The van der Waals surface area contributed by atoms with E-state index in [4.69, 9.17) is 0 Å². The molecule has 1 heterocycles. The first kappa shape index (κ1) is 12.4. The minimum atomic E-state index is 0.0695. The highest BCUT2D eigenvalue weighted by atomic mass is 79.9. The van der Waals surface area contributed by atoms with Gasteiger partial charge in [-0.05, 0) is 34.7 Å². The van der Waals surface area contributed by atoms with E-state index < -0.39 is 0 Å². The average molecular weight is 352 g/mol. The molecule has 0 radical (unpaired) electrons. The highest BCUT2D eigenvalue weighted by Crippen LogP contribution is 2.25. The average Bonchev–Trinajstić information content (AvgIpc) is 2.58. The van der Waals surface area contributed by atoms with Crippen molar-refractivity contribution in [1.29, 1.82) is 0 Å². The minimum absolute atomic E-state index is 0.0695. The maximum absolute atomic E-state index is 11.9. The van der Waals surface area contributed by atoms with Gasteiger partial charge in [-0.25, -0.2) is 0 Å². The Balaban J connectivity index is 2.11. The Morgan fingerprint density at radius 2 is 2.00 bits per heavy atom. The van der Waals surface area contributed by atoms with E-state index in [2.05, 4.69) is 37.0 Å². The molecule has 1 aliphatic rings. The molecule has 3 nitrogen and oxygen atoms in total. The van der Waals surface area contributed by atoms with Gasteiger partial charge in [0.25, 0.3) is 5.56 Å². The molecule has 2 rings (SSSR count). The van der Waals surface area contributed by atoms with Crippen LogP contribution in [0.3, 0.4) is 0 Å². The third-order valence-corrected chi connectivity index (χ3v) is 4.65. The summed E-state index contributed by atoms with van der Waals surface area (Å²) >= 11 is 6.70.